The molecule has 0 aliphatic carbocycles. The van der Waals surface area contributed by atoms with Crippen molar-refractivity contribution < 1.29 is 13.2 Å². The van der Waals surface area contributed by atoms with Gasteiger partial charge < -0.3 is 4.90 Å². The Morgan fingerprint density at radius 3 is 2.10 bits per heavy atom. The number of hydrogen-bond donors (Lipinski definition) is 1. The molecule has 2 aromatic rings. The first-order valence-corrected chi connectivity index (χ1v) is 7.81. The second-order valence-electron chi connectivity index (χ2n) is 4.43. The van der Waals surface area contributed by atoms with Gasteiger partial charge in [0.2, 0.25) is 10.0 Å². The zero-order chi connectivity index (χ0) is 15.5. The van der Waals surface area contributed by atoms with Crippen LogP contribution in [-0.4, -0.2) is 28.4 Å². The Balaban J connectivity index is 2.25. The Morgan fingerprint density at radius 1 is 1.00 bits per heavy atom. The molecule has 0 aliphatic heterocycles. The summed E-state index contributed by atoms with van der Waals surface area (Å²) in [6, 6.07) is 15.1. The molecule has 2 aromatic carbocycles. The number of amides is 1. The normalized spacial score (nSPS) is 11.1. The van der Waals surface area contributed by atoms with Gasteiger partial charge in [-0.15, -0.1) is 0 Å². The first kappa shape index (κ1) is 15.2. The van der Waals surface area contributed by atoms with E-state index in [4.69, 9.17) is 0 Å². The number of nitrogens with one attached hydrogen (secondary N) is 1. The Bertz CT molecular complexity index is 725. The molecule has 0 saturated heterocycles. The van der Waals surface area contributed by atoms with E-state index in [0.717, 1.165) is 5.69 Å². The number of nitrogens with zero attached hydrogens (tertiary/aromatic N) is 1. The number of carbonyl (C=O) groups is 1. The van der Waals surface area contributed by atoms with Crippen molar-refractivity contribution in [3.63, 3.8) is 0 Å². The van der Waals surface area contributed by atoms with E-state index in [1.165, 1.54) is 36.2 Å². The van der Waals surface area contributed by atoms with Gasteiger partial charge in [-0.25, -0.2) is 13.1 Å². The second-order valence-corrected chi connectivity index (χ2v) is 6.32. The van der Waals surface area contributed by atoms with Gasteiger partial charge in [0, 0.05) is 18.3 Å². The molecule has 0 aliphatic rings. The van der Waals surface area contributed by atoms with Crippen molar-refractivity contribution in [1.29, 1.82) is 0 Å². The largest absolute Gasteiger partial charge is 0.311 e. The maximum absolute atomic E-state index is 12.3. The van der Waals surface area contributed by atoms with Crippen molar-refractivity contribution in [2.24, 2.45) is 0 Å². The van der Waals surface area contributed by atoms with Gasteiger partial charge in [0.1, 0.15) is 0 Å². The number of sulfonamides is 1. The minimum atomic E-state index is -3.49. The third kappa shape index (κ3) is 3.29. The van der Waals surface area contributed by atoms with E-state index in [9.17, 15) is 13.2 Å². The number of para-hydroxylation sites is 1. The van der Waals surface area contributed by atoms with E-state index in [2.05, 4.69) is 4.72 Å². The fraction of sp³-hybridized carbons (Fsp3) is 0.133. The minimum Gasteiger partial charge on any atom is -0.311 e. The third-order valence-corrected chi connectivity index (χ3v) is 4.56. The highest BCUT2D eigenvalue weighted by atomic mass is 32.2. The van der Waals surface area contributed by atoms with Gasteiger partial charge in [0.25, 0.3) is 5.91 Å². The lowest BCUT2D eigenvalue weighted by Crippen LogP contribution is -2.26. The first-order chi connectivity index (χ1) is 9.95. The number of hydrogen-bond acceptors (Lipinski definition) is 3. The second kappa shape index (κ2) is 6.07. The van der Waals surface area contributed by atoms with Gasteiger partial charge >= 0.3 is 0 Å². The molecule has 1 N–H and O–H groups in total. The Kier molecular flexibility index (Phi) is 4.40. The van der Waals surface area contributed by atoms with E-state index >= 15 is 0 Å². The molecule has 0 unspecified atom stereocenters. The monoisotopic (exact) mass is 304 g/mol. The zero-order valence-electron chi connectivity index (χ0n) is 11.8. The van der Waals surface area contributed by atoms with E-state index < -0.39 is 10.0 Å². The number of carbonyl (C=O) groups excluding carboxylic acids is 1. The maximum atomic E-state index is 12.3. The van der Waals surface area contributed by atoms with Crippen LogP contribution in [0, 0.1) is 0 Å². The molecular formula is C15H16N2O3S. The Morgan fingerprint density at radius 2 is 1.57 bits per heavy atom. The standard InChI is InChI=1S/C15H16N2O3S/c1-16-21(19,20)14-10-8-12(9-11-14)15(18)17(2)13-6-4-3-5-7-13/h3-11,16H,1-2H3. The van der Waals surface area contributed by atoms with Crippen molar-refractivity contribution in [1.82, 2.24) is 4.72 Å². The molecule has 0 aromatic heterocycles. The SMILES string of the molecule is CNS(=O)(=O)c1ccc(C(=O)N(C)c2ccccc2)cc1. The molecule has 0 fully saturated rings. The lowest BCUT2D eigenvalue weighted by molar-refractivity contribution is 0.0993. The molecule has 0 saturated carbocycles. The lowest BCUT2D eigenvalue weighted by atomic mass is 10.2. The number of benzene rings is 2. The molecule has 0 radical (unpaired) electrons. The molecule has 0 spiro atoms. The van der Waals surface area contributed by atoms with E-state index in [-0.39, 0.29) is 10.8 Å². The molecule has 5 nitrogen and oxygen atoms in total. The van der Waals surface area contributed by atoms with E-state index in [1.807, 2.05) is 30.3 Å². The van der Waals surface area contributed by atoms with E-state index in [1.54, 1.807) is 7.05 Å². The minimum absolute atomic E-state index is 0.129. The smallest absolute Gasteiger partial charge is 0.258 e. The molecular weight excluding hydrogens is 288 g/mol. The first-order valence-electron chi connectivity index (χ1n) is 6.32. The summed E-state index contributed by atoms with van der Waals surface area (Å²) in [6.45, 7) is 0. The van der Waals surface area contributed by atoms with Crippen LogP contribution in [0.1, 0.15) is 10.4 Å². The summed E-state index contributed by atoms with van der Waals surface area (Å²) in [5, 5.41) is 0. The molecule has 2 rings (SSSR count). The molecule has 0 heterocycles. The van der Waals surface area contributed by atoms with E-state index in [0.29, 0.717) is 5.56 Å². The molecule has 0 bridgehead atoms. The summed E-state index contributed by atoms with van der Waals surface area (Å²) in [5.41, 5.74) is 1.20. The van der Waals surface area contributed by atoms with Gasteiger partial charge in [0.15, 0.2) is 0 Å². The molecule has 0 atom stereocenters. The fourth-order valence-corrected chi connectivity index (χ4v) is 2.59. The number of rotatable bonds is 4. The molecule has 110 valence electrons. The lowest BCUT2D eigenvalue weighted by Gasteiger charge is -2.17. The molecule has 6 heteroatoms. The summed E-state index contributed by atoms with van der Waals surface area (Å²) in [6.07, 6.45) is 0. The van der Waals surface area contributed by atoms with Crippen molar-refractivity contribution in [2.45, 2.75) is 4.90 Å². The highest BCUT2D eigenvalue weighted by molar-refractivity contribution is 7.89. The highest BCUT2D eigenvalue weighted by Crippen LogP contribution is 2.16. The van der Waals surface area contributed by atoms with Crippen LogP contribution in [-0.2, 0) is 10.0 Å². The maximum Gasteiger partial charge on any atom is 0.258 e. The van der Waals surface area contributed by atoms with Gasteiger partial charge in [-0.05, 0) is 43.4 Å². The third-order valence-electron chi connectivity index (χ3n) is 3.13. The van der Waals surface area contributed by atoms with Crippen LogP contribution >= 0.6 is 0 Å². The van der Waals surface area contributed by atoms with Crippen LogP contribution in [0.4, 0.5) is 5.69 Å². The van der Waals surface area contributed by atoms with Crippen LogP contribution in [0.25, 0.3) is 0 Å². The van der Waals surface area contributed by atoms with Crippen molar-refractivity contribution in [2.75, 3.05) is 19.0 Å². The summed E-state index contributed by atoms with van der Waals surface area (Å²) >= 11 is 0. The zero-order valence-corrected chi connectivity index (χ0v) is 12.6. The van der Waals surface area contributed by atoms with Gasteiger partial charge in [-0.1, -0.05) is 18.2 Å². The average Bonchev–Trinajstić information content (AvgIpc) is 2.54. The number of anilines is 1. The fourth-order valence-electron chi connectivity index (χ4n) is 1.86. The van der Waals surface area contributed by atoms with Crippen LogP contribution in [0.3, 0.4) is 0 Å². The van der Waals surface area contributed by atoms with Gasteiger partial charge in [-0.3, -0.25) is 4.79 Å². The van der Waals surface area contributed by atoms with Crippen molar-refractivity contribution in [3.05, 3.63) is 60.2 Å². The van der Waals surface area contributed by atoms with Crippen molar-refractivity contribution in [3.8, 4) is 0 Å². The Hall–Kier alpha value is -2.18. The highest BCUT2D eigenvalue weighted by Gasteiger charge is 2.15. The van der Waals surface area contributed by atoms with Crippen LogP contribution in [0.5, 0.6) is 0 Å². The quantitative estimate of drug-likeness (QED) is 0.937. The average molecular weight is 304 g/mol. The predicted molar refractivity (Wildman–Crippen MR) is 81.9 cm³/mol. The molecule has 1 amide bonds. The van der Waals surface area contributed by atoms with Crippen LogP contribution < -0.4 is 9.62 Å². The van der Waals surface area contributed by atoms with Crippen LogP contribution in [0.15, 0.2) is 59.5 Å². The molecule has 21 heavy (non-hydrogen) atoms. The topological polar surface area (TPSA) is 66.5 Å². The summed E-state index contributed by atoms with van der Waals surface area (Å²) in [4.78, 5) is 14.0. The van der Waals surface area contributed by atoms with Gasteiger partial charge in [-0.2, -0.15) is 0 Å². The predicted octanol–water partition coefficient (Wildman–Crippen LogP) is 1.87. The Labute approximate surface area is 124 Å². The van der Waals surface area contributed by atoms with Crippen LogP contribution in [0.2, 0.25) is 0 Å². The van der Waals surface area contributed by atoms with Gasteiger partial charge in [0.05, 0.1) is 4.90 Å². The van der Waals surface area contributed by atoms with Crippen molar-refractivity contribution >= 4 is 21.6 Å². The summed E-state index contributed by atoms with van der Waals surface area (Å²) in [5.74, 6) is -0.199. The summed E-state index contributed by atoms with van der Waals surface area (Å²) in [7, 11) is -0.467. The summed E-state index contributed by atoms with van der Waals surface area (Å²) < 4.78 is 25.5.